The molecule has 0 unspecified atom stereocenters. The number of carboxylic acid groups (broad SMARTS) is 1. The summed E-state index contributed by atoms with van der Waals surface area (Å²) in [6, 6.07) is 15.7. The number of unbranched alkanes of at least 4 members (excludes halogenated alkanes) is 1. The smallest absolute Gasteiger partial charge is 0.303 e. The fraction of sp³-hybridized carbons (Fsp3) is 0.357. The van der Waals surface area contributed by atoms with Crippen molar-refractivity contribution < 1.29 is 14.7 Å². The molecule has 190 valence electrons. The maximum Gasteiger partial charge on any atom is 0.303 e. The summed E-state index contributed by atoms with van der Waals surface area (Å²) < 4.78 is 1.95. The van der Waals surface area contributed by atoms with Crippen LogP contribution in [0.3, 0.4) is 0 Å². The number of hydrogen-bond donors (Lipinski definition) is 1. The van der Waals surface area contributed by atoms with Crippen LogP contribution < -0.4 is 0 Å². The van der Waals surface area contributed by atoms with Gasteiger partial charge in [-0.3, -0.25) is 9.59 Å². The van der Waals surface area contributed by atoms with Gasteiger partial charge >= 0.3 is 5.97 Å². The molecule has 9 nitrogen and oxygen atoms in total. The molecule has 0 radical (unpaired) electrons. The lowest BCUT2D eigenvalue weighted by atomic mass is 10.0. The number of rotatable bonds is 8. The van der Waals surface area contributed by atoms with Crippen LogP contribution in [0.1, 0.15) is 59.9 Å². The number of aryl methyl sites for hydroxylation is 2. The van der Waals surface area contributed by atoms with Crippen molar-refractivity contribution in [2.75, 3.05) is 13.1 Å². The number of carbonyl (C=O) groups excluding carboxylic acids is 1. The second kappa shape index (κ2) is 10.9. The number of piperidine rings is 1. The molecule has 1 fully saturated rings. The van der Waals surface area contributed by atoms with Gasteiger partial charge in [0, 0.05) is 30.6 Å². The zero-order valence-corrected chi connectivity index (χ0v) is 20.9. The van der Waals surface area contributed by atoms with E-state index < -0.39 is 5.97 Å². The van der Waals surface area contributed by atoms with Crippen molar-refractivity contribution in [1.82, 2.24) is 29.9 Å². The van der Waals surface area contributed by atoms with Gasteiger partial charge in [0.2, 0.25) is 0 Å². The first kappa shape index (κ1) is 24.5. The van der Waals surface area contributed by atoms with E-state index in [9.17, 15) is 9.59 Å². The van der Waals surface area contributed by atoms with Gasteiger partial charge in [-0.2, -0.15) is 0 Å². The predicted octanol–water partition coefficient (Wildman–Crippen LogP) is 4.47. The van der Waals surface area contributed by atoms with Crippen LogP contribution in [0.15, 0.2) is 54.7 Å². The lowest BCUT2D eigenvalue weighted by Gasteiger charge is -2.32. The molecule has 2 aromatic carbocycles. The Balaban J connectivity index is 1.37. The van der Waals surface area contributed by atoms with E-state index in [1.54, 1.807) is 6.20 Å². The molecule has 0 atom stereocenters. The predicted molar refractivity (Wildman–Crippen MR) is 139 cm³/mol. The number of carboxylic acids is 1. The molecular formula is C28H30N6O3. The number of aliphatic carboxylic acids is 1. The highest BCUT2D eigenvalue weighted by atomic mass is 16.4. The Hall–Kier alpha value is -4.14. The molecule has 0 bridgehead atoms. The van der Waals surface area contributed by atoms with Gasteiger partial charge in [-0.25, -0.2) is 14.6 Å². The van der Waals surface area contributed by atoms with E-state index in [0.29, 0.717) is 43.4 Å². The Labute approximate surface area is 215 Å². The molecule has 1 saturated heterocycles. The molecule has 0 aliphatic carbocycles. The minimum Gasteiger partial charge on any atom is -0.481 e. The molecule has 3 heterocycles. The molecule has 2 aromatic heterocycles. The fourth-order valence-electron chi connectivity index (χ4n) is 4.95. The van der Waals surface area contributed by atoms with Crippen LogP contribution in [0.4, 0.5) is 0 Å². The molecule has 0 spiro atoms. The zero-order chi connectivity index (χ0) is 25.8. The van der Waals surface area contributed by atoms with E-state index in [-0.39, 0.29) is 18.4 Å². The van der Waals surface area contributed by atoms with Crippen molar-refractivity contribution in [3.8, 4) is 11.3 Å². The number of likely N-dealkylation sites (tertiary alicyclic amines) is 1. The standard InChI is InChI=1S/C28H30N6O3/c1-19-18-29-32-34(19)22-13-15-33(16-14-22)28(37)21-11-12-23-25(17-21)30-24(9-5-6-10-26(35)36)27(31-23)20-7-3-2-4-8-20/h2-4,7-8,11-12,17-18,22H,5-6,9-10,13-16H2,1H3,(H,35,36). The Bertz CT molecular complexity index is 1410. The lowest BCUT2D eigenvalue weighted by molar-refractivity contribution is -0.137. The van der Waals surface area contributed by atoms with Gasteiger partial charge in [-0.15, -0.1) is 5.10 Å². The number of amides is 1. The number of nitrogens with zero attached hydrogens (tertiary/aromatic N) is 6. The average molecular weight is 499 g/mol. The Morgan fingerprint density at radius 1 is 1.00 bits per heavy atom. The van der Waals surface area contributed by atoms with Crippen LogP contribution in [0, 0.1) is 6.92 Å². The highest BCUT2D eigenvalue weighted by Gasteiger charge is 2.26. The van der Waals surface area contributed by atoms with E-state index >= 15 is 0 Å². The average Bonchev–Trinajstić information content (AvgIpc) is 3.36. The van der Waals surface area contributed by atoms with Crippen LogP contribution in [0.2, 0.25) is 0 Å². The minimum absolute atomic E-state index is 0.00685. The SMILES string of the molecule is Cc1cnnn1C1CCN(C(=O)c2ccc3nc(-c4ccccc4)c(CCCCC(=O)O)nc3c2)CC1. The topological polar surface area (TPSA) is 114 Å². The second-order valence-corrected chi connectivity index (χ2v) is 9.53. The van der Waals surface area contributed by atoms with E-state index in [4.69, 9.17) is 15.1 Å². The van der Waals surface area contributed by atoms with Gasteiger partial charge in [0.1, 0.15) is 0 Å². The van der Waals surface area contributed by atoms with E-state index in [1.165, 1.54) is 0 Å². The van der Waals surface area contributed by atoms with Gasteiger partial charge < -0.3 is 10.0 Å². The molecule has 1 N–H and O–H groups in total. The van der Waals surface area contributed by atoms with Crippen molar-refractivity contribution in [1.29, 1.82) is 0 Å². The summed E-state index contributed by atoms with van der Waals surface area (Å²) in [5.41, 5.74) is 5.62. The summed E-state index contributed by atoms with van der Waals surface area (Å²) in [6.45, 7) is 3.32. The van der Waals surface area contributed by atoms with Crippen LogP contribution in [0.25, 0.3) is 22.3 Å². The molecule has 37 heavy (non-hydrogen) atoms. The molecule has 4 aromatic rings. The number of fused-ring (bicyclic) bond motifs is 1. The van der Waals surface area contributed by atoms with Gasteiger partial charge in [-0.1, -0.05) is 35.5 Å². The summed E-state index contributed by atoms with van der Waals surface area (Å²) in [5.74, 6) is -0.802. The Morgan fingerprint density at radius 2 is 1.78 bits per heavy atom. The Kier molecular flexibility index (Phi) is 7.20. The summed E-state index contributed by atoms with van der Waals surface area (Å²) in [5, 5.41) is 17.2. The number of benzene rings is 2. The second-order valence-electron chi connectivity index (χ2n) is 9.53. The molecule has 0 saturated carbocycles. The lowest BCUT2D eigenvalue weighted by Crippen LogP contribution is -2.39. The summed E-state index contributed by atoms with van der Waals surface area (Å²) >= 11 is 0. The maximum absolute atomic E-state index is 13.3. The molecular weight excluding hydrogens is 468 g/mol. The number of carbonyl (C=O) groups is 2. The van der Waals surface area contributed by atoms with Gasteiger partial charge in [0.05, 0.1) is 40.4 Å². The number of aromatic nitrogens is 5. The van der Waals surface area contributed by atoms with Gasteiger partial charge in [0.15, 0.2) is 0 Å². The molecule has 1 aliphatic rings. The van der Waals surface area contributed by atoms with Crippen LogP contribution in [-0.4, -0.2) is 59.9 Å². The molecule has 1 aliphatic heterocycles. The molecule has 9 heteroatoms. The van der Waals surface area contributed by atoms with Gasteiger partial charge in [0.25, 0.3) is 5.91 Å². The van der Waals surface area contributed by atoms with Crippen LogP contribution in [0.5, 0.6) is 0 Å². The fourth-order valence-corrected chi connectivity index (χ4v) is 4.95. The minimum atomic E-state index is -0.795. The maximum atomic E-state index is 13.3. The third kappa shape index (κ3) is 5.50. The zero-order valence-electron chi connectivity index (χ0n) is 20.9. The highest BCUT2D eigenvalue weighted by molar-refractivity contribution is 5.97. The monoisotopic (exact) mass is 498 g/mol. The third-order valence-electron chi connectivity index (χ3n) is 6.94. The normalized spacial score (nSPS) is 14.2. The largest absolute Gasteiger partial charge is 0.481 e. The van der Waals surface area contributed by atoms with Crippen molar-refractivity contribution >= 4 is 22.9 Å². The first-order valence-electron chi connectivity index (χ1n) is 12.7. The van der Waals surface area contributed by atoms with E-state index in [0.717, 1.165) is 41.0 Å². The summed E-state index contributed by atoms with van der Waals surface area (Å²) in [6.07, 6.45) is 5.46. The van der Waals surface area contributed by atoms with E-state index in [2.05, 4.69) is 10.3 Å². The summed E-state index contributed by atoms with van der Waals surface area (Å²) in [4.78, 5) is 36.0. The molecule has 1 amide bonds. The van der Waals surface area contributed by atoms with Gasteiger partial charge in [-0.05, 0) is 57.2 Å². The van der Waals surface area contributed by atoms with E-state index in [1.807, 2.05) is 65.0 Å². The van der Waals surface area contributed by atoms with Crippen LogP contribution >= 0.6 is 0 Å². The first-order valence-corrected chi connectivity index (χ1v) is 12.7. The first-order chi connectivity index (χ1) is 18.0. The Morgan fingerprint density at radius 3 is 2.49 bits per heavy atom. The third-order valence-corrected chi connectivity index (χ3v) is 6.94. The highest BCUT2D eigenvalue weighted by Crippen LogP contribution is 2.27. The molecule has 5 rings (SSSR count). The van der Waals surface area contributed by atoms with Crippen molar-refractivity contribution in [2.45, 2.75) is 51.5 Å². The van der Waals surface area contributed by atoms with Crippen molar-refractivity contribution in [2.24, 2.45) is 0 Å². The van der Waals surface area contributed by atoms with Crippen LogP contribution in [-0.2, 0) is 11.2 Å². The number of hydrogen-bond acceptors (Lipinski definition) is 6. The summed E-state index contributed by atoms with van der Waals surface area (Å²) in [7, 11) is 0. The quantitative estimate of drug-likeness (QED) is 0.357. The van der Waals surface area contributed by atoms with Crippen molar-refractivity contribution in [3.63, 3.8) is 0 Å². The van der Waals surface area contributed by atoms with Crippen molar-refractivity contribution in [3.05, 3.63) is 71.7 Å².